The van der Waals surface area contributed by atoms with Crippen LogP contribution in [-0.2, 0) is 21.2 Å². The van der Waals surface area contributed by atoms with E-state index in [1.165, 1.54) is 17.7 Å². The predicted octanol–water partition coefficient (Wildman–Crippen LogP) is 3.97. The van der Waals surface area contributed by atoms with Gasteiger partial charge in [-0.2, -0.15) is 0 Å². The van der Waals surface area contributed by atoms with Crippen LogP contribution < -0.4 is 10.5 Å². The summed E-state index contributed by atoms with van der Waals surface area (Å²) in [5.74, 6) is 0.304. The molecule has 3 aromatic rings. The van der Waals surface area contributed by atoms with Crippen molar-refractivity contribution in [1.29, 1.82) is 0 Å². The van der Waals surface area contributed by atoms with Crippen LogP contribution in [0.2, 0.25) is 0 Å². The van der Waals surface area contributed by atoms with E-state index >= 15 is 0 Å². The van der Waals surface area contributed by atoms with Crippen molar-refractivity contribution in [2.75, 3.05) is 0 Å². The molecule has 0 fully saturated rings. The molecular formula is C22H24N2O3S2. The molecule has 1 unspecified atom stereocenters. The van der Waals surface area contributed by atoms with Crippen molar-refractivity contribution < 1.29 is 13.2 Å². The molecule has 152 valence electrons. The fourth-order valence-corrected chi connectivity index (χ4v) is 4.36. The first-order chi connectivity index (χ1) is 13.7. The maximum absolute atomic E-state index is 12.7. The molecule has 2 aromatic carbocycles. The molecule has 3 rings (SSSR count). The highest BCUT2D eigenvalue weighted by atomic mass is 32.2. The van der Waals surface area contributed by atoms with Gasteiger partial charge in [-0.15, -0.1) is 11.3 Å². The number of carbonyl (C=O) groups is 1. The maximum atomic E-state index is 12.7. The van der Waals surface area contributed by atoms with Crippen LogP contribution in [0.15, 0.2) is 70.9 Å². The molecule has 29 heavy (non-hydrogen) atoms. The van der Waals surface area contributed by atoms with E-state index in [0.29, 0.717) is 5.92 Å². The standard InChI is InChI=1S/C22H24N2O3S2/c1-15(2)17-7-9-18(10-8-17)22(20-4-3-13-28-20)24-21(25)14-16-5-11-19(12-6-16)29(23,26)27/h3-13,15,22H,14H2,1-2H3,(H,24,25)(H2,23,26,27). The van der Waals surface area contributed by atoms with E-state index in [1.54, 1.807) is 23.5 Å². The third-order valence-corrected chi connectivity index (χ3v) is 6.55. The zero-order chi connectivity index (χ0) is 21.0. The molecule has 5 nitrogen and oxygen atoms in total. The summed E-state index contributed by atoms with van der Waals surface area (Å²) in [4.78, 5) is 13.8. The first kappa shape index (κ1) is 21.2. The Morgan fingerprint density at radius 2 is 1.62 bits per heavy atom. The number of primary sulfonamides is 1. The summed E-state index contributed by atoms with van der Waals surface area (Å²) in [6, 6.07) is 18.1. The highest BCUT2D eigenvalue weighted by molar-refractivity contribution is 7.89. The number of benzene rings is 2. The number of hydrogen-bond acceptors (Lipinski definition) is 4. The second kappa shape index (κ2) is 8.90. The van der Waals surface area contributed by atoms with Crippen molar-refractivity contribution in [2.24, 2.45) is 5.14 Å². The molecule has 0 bridgehead atoms. The Morgan fingerprint density at radius 1 is 1.00 bits per heavy atom. The Hall–Kier alpha value is -2.48. The van der Waals surface area contributed by atoms with Gasteiger partial charge in [0.2, 0.25) is 15.9 Å². The van der Waals surface area contributed by atoms with E-state index in [-0.39, 0.29) is 23.3 Å². The maximum Gasteiger partial charge on any atom is 0.238 e. The van der Waals surface area contributed by atoms with Crippen molar-refractivity contribution in [1.82, 2.24) is 5.32 Å². The molecule has 0 spiro atoms. The zero-order valence-corrected chi connectivity index (χ0v) is 18.0. The second-order valence-electron chi connectivity index (χ2n) is 7.20. The summed E-state index contributed by atoms with van der Waals surface area (Å²) in [7, 11) is -3.74. The number of sulfonamides is 1. The molecule has 0 radical (unpaired) electrons. The van der Waals surface area contributed by atoms with Crippen LogP contribution in [-0.4, -0.2) is 14.3 Å². The third kappa shape index (κ3) is 5.53. The van der Waals surface area contributed by atoms with Gasteiger partial charge in [0.1, 0.15) is 0 Å². The Bertz CT molecular complexity index is 1060. The van der Waals surface area contributed by atoms with Crippen LogP contribution in [0.25, 0.3) is 0 Å². The van der Waals surface area contributed by atoms with E-state index in [1.807, 2.05) is 17.5 Å². The number of nitrogens with one attached hydrogen (secondary N) is 1. The smallest absolute Gasteiger partial charge is 0.238 e. The zero-order valence-electron chi connectivity index (χ0n) is 16.3. The monoisotopic (exact) mass is 428 g/mol. The van der Waals surface area contributed by atoms with Crippen LogP contribution in [0.4, 0.5) is 0 Å². The summed E-state index contributed by atoms with van der Waals surface area (Å²) in [5.41, 5.74) is 2.99. The molecule has 1 aromatic heterocycles. The van der Waals surface area contributed by atoms with E-state index in [4.69, 9.17) is 5.14 Å². The fraction of sp³-hybridized carbons (Fsp3) is 0.227. The van der Waals surface area contributed by atoms with E-state index in [0.717, 1.165) is 16.0 Å². The quantitative estimate of drug-likeness (QED) is 0.597. The summed E-state index contributed by atoms with van der Waals surface area (Å²) in [5, 5.41) is 10.2. The Morgan fingerprint density at radius 3 is 2.14 bits per heavy atom. The molecule has 1 amide bonds. The van der Waals surface area contributed by atoms with Crippen LogP contribution in [0, 0.1) is 0 Å². The molecule has 0 saturated heterocycles. The highest BCUT2D eigenvalue weighted by Gasteiger charge is 2.18. The van der Waals surface area contributed by atoms with Gasteiger partial charge >= 0.3 is 0 Å². The number of hydrogen-bond donors (Lipinski definition) is 2. The topological polar surface area (TPSA) is 89.3 Å². The lowest BCUT2D eigenvalue weighted by atomic mass is 9.98. The number of amides is 1. The van der Waals surface area contributed by atoms with Crippen LogP contribution >= 0.6 is 11.3 Å². The van der Waals surface area contributed by atoms with Gasteiger partial charge in [-0.1, -0.05) is 56.3 Å². The average Bonchev–Trinajstić information content (AvgIpc) is 3.20. The lowest BCUT2D eigenvalue weighted by Crippen LogP contribution is -2.30. The third-order valence-electron chi connectivity index (χ3n) is 4.69. The molecule has 0 aliphatic rings. The molecule has 3 N–H and O–H groups in total. The van der Waals surface area contributed by atoms with Crippen molar-refractivity contribution in [3.8, 4) is 0 Å². The minimum atomic E-state index is -3.74. The van der Waals surface area contributed by atoms with Crippen molar-refractivity contribution >= 4 is 27.3 Å². The number of carbonyl (C=O) groups excluding carboxylic acids is 1. The lowest BCUT2D eigenvalue weighted by Gasteiger charge is -2.19. The molecule has 0 saturated carbocycles. The lowest BCUT2D eigenvalue weighted by molar-refractivity contribution is -0.120. The largest absolute Gasteiger partial charge is 0.344 e. The van der Waals surface area contributed by atoms with E-state index < -0.39 is 10.0 Å². The normalized spacial score (nSPS) is 12.7. The van der Waals surface area contributed by atoms with Gasteiger partial charge in [0.15, 0.2) is 0 Å². The number of rotatable bonds is 7. The van der Waals surface area contributed by atoms with Crippen LogP contribution in [0.3, 0.4) is 0 Å². The average molecular weight is 429 g/mol. The number of nitrogens with two attached hydrogens (primary N) is 1. The Labute approximate surface area is 175 Å². The van der Waals surface area contributed by atoms with Gasteiger partial charge in [0.25, 0.3) is 0 Å². The van der Waals surface area contributed by atoms with Crippen molar-refractivity contribution in [2.45, 2.75) is 37.1 Å². The summed E-state index contributed by atoms with van der Waals surface area (Å²) >= 11 is 1.59. The summed E-state index contributed by atoms with van der Waals surface area (Å²) in [6.45, 7) is 4.30. The van der Waals surface area contributed by atoms with Crippen LogP contribution in [0.5, 0.6) is 0 Å². The van der Waals surface area contributed by atoms with Gasteiger partial charge in [-0.3, -0.25) is 4.79 Å². The van der Waals surface area contributed by atoms with Gasteiger partial charge in [0.05, 0.1) is 17.4 Å². The highest BCUT2D eigenvalue weighted by Crippen LogP contribution is 2.27. The van der Waals surface area contributed by atoms with Gasteiger partial charge < -0.3 is 5.32 Å². The van der Waals surface area contributed by atoms with Gasteiger partial charge in [0, 0.05) is 4.88 Å². The van der Waals surface area contributed by atoms with Crippen molar-refractivity contribution in [3.05, 3.63) is 87.6 Å². The first-order valence-electron chi connectivity index (χ1n) is 9.28. The van der Waals surface area contributed by atoms with E-state index in [9.17, 15) is 13.2 Å². The molecule has 7 heteroatoms. The van der Waals surface area contributed by atoms with Gasteiger partial charge in [-0.05, 0) is 46.2 Å². The predicted molar refractivity (Wildman–Crippen MR) is 116 cm³/mol. The van der Waals surface area contributed by atoms with Crippen LogP contribution in [0.1, 0.15) is 47.4 Å². The molecular weight excluding hydrogens is 404 g/mol. The summed E-state index contributed by atoms with van der Waals surface area (Å²) in [6.07, 6.45) is 0.150. The Balaban J connectivity index is 1.77. The molecule has 1 atom stereocenters. The Kier molecular flexibility index (Phi) is 6.52. The summed E-state index contributed by atoms with van der Waals surface area (Å²) < 4.78 is 22.7. The van der Waals surface area contributed by atoms with E-state index in [2.05, 4.69) is 43.4 Å². The van der Waals surface area contributed by atoms with Gasteiger partial charge in [-0.25, -0.2) is 13.6 Å². The number of thiophene rings is 1. The fourth-order valence-electron chi connectivity index (χ4n) is 3.04. The van der Waals surface area contributed by atoms with Crippen molar-refractivity contribution in [3.63, 3.8) is 0 Å². The molecule has 1 heterocycles. The molecule has 0 aliphatic heterocycles. The molecule has 0 aliphatic carbocycles. The first-order valence-corrected chi connectivity index (χ1v) is 11.7. The SMILES string of the molecule is CC(C)c1ccc(C(NC(=O)Cc2ccc(S(N)(=O)=O)cc2)c2cccs2)cc1. The minimum Gasteiger partial charge on any atom is -0.344 e. The minimum absolute atomic E-state index is 0.0309. The second-order valence-corrected chi connectivity index (χ2v) is 9.74.